The second-order valence-electron chi connectivity index (χ2n) is 4.49. The number of hydrogen-bond donors (Lipinski definition) is 2. The summed E-state index contributed by atoms with van der Waals surface area (Å²) < 4.78 is 18.2. The molecule has 0 aliphatic rings. The first-order valence-electron chi connectivity index (χ1n) is 5.12. The van der Waals surface area contributed by atoms with Gasteiger partial charge in [0, 0.05) is 12.3 Å². The lowest BCUT2D eigenvalue weighted by Gasteiger charge is -2.19. The molecular formula is C11H15FN2O3. The summed E-state index contributed by atoms with van der Waals surface area (Å²) in [5.41, 5.74) is -1.32. The van der Waals surface area contributed by atoms with Gasteiger partial charge in [-0.3, -0.25) is 4.79 Å². The van der Waals surface area contributed by atoms with Crippen molar-refractivity contribution in [3.8, 4) is 0 Å². The van der Waals surface area contributed by atoms with Crippen LogP contribution in [-0.2, 0) is 11.3 Å². The molecule has 0 unspecified atom stereocenters. The molecule has 6 heteroatoms. The van der Waals surface area contributed by atoms with E-state index in [2.05, 4.69) is 10.3 Å². The molecule has 0 aliphatic heterocycles. The Balaban J connectivity index is 2.60. The van der Waals surface area contributed by atoms with Crippen molar-refractivity contribution >= 4 is 6.09 Å². The van der Waals surface area contributed by atoms with E-state index >= 15 is 0 Å². The lowest BCUT2D eigenvalue weighted by molar-refractivity contribution is 0.0522. The number of ether oxygens (including phenoxy) is 1. The number of nitrogens with one attached hydrogen (secondary N) is 2. The molecule has 0 atom stereocenters. The molecule has 0 fully saturated rings. The number of carbonyl (C=O) groups is 1. The maximum Gasteiger partial charge on any atom is 0.407 e. The Labute approximate surface area is 98.0 Å². The number of pyridine rings is 1. The van der Waals surface area contributed by atoms with Crippen LogP contribution >= 0.6 is 0 Å². The van der Waals surface area contributed by atoms with E-state index in [0.29, 0.717) is 0 Å². The van der Waals surface area contributed by atoms with Gasteiger partial charge in [0.05, 0.1) is 12.2 Å². The maximum absolute atomic E-state index is 13.3. The van der Waals surface area contributed by atoms with Crippen LogP contribution in [0.5, 0.6) is 0 Å². The van der Waals surface area contributed by atoms with Crippen molar-refractivity contribution in [1.29, 1.82) is 0 Å². The topological polar surface area (TPSA) is 71.2 Å². The van der Waals surface area contributed by atoms with E-state index in [1.54, 1.807) is 20.8 Å². The van der Waals surface area contributed by atoms with Crippen LogP contribution in [0.3, 0.4) is 0 Å². The largest absolute Gasteiger partial charge is 0.444 e. The summed E-state index contributed by atoms with van der Waals surface area (Å²) in [4.78, 5) is 24.8. The van der Waals surface area contributed by atoms with Gasteiger partial charge >= 0.3 is 6.09 Å². The average Bonchev–Trinajstić information content (AvgIpc) is 2.18. The van der Waals surface area contributed by atoms with E-state index in [-0.39, 0.29) is 12.2 Å². The number of carbonyl (C=O) groups excluding carboxylic acids is 1. The normalized spacial score (nSPS) is 11.1. The number of amides is 1. The summed E-state index contributed by atoms with van der Waals surface area (Å²) in [6.07, 6.45) is 0.652. The molecule has 0 saturated heterocycles. The standard InChI is InChI=1S/C11H15FN2O3/c1-11(2,3)17-10(16)14-6-7-9(12)8(15)4-5-13-7/h4-5H,6H2,1-3H3,(H,13,15)(H,14,16). The Hall–Kier alpha value is -1.85. The molecule has 0 spiro atoms. The summed E-state index contributed by atoms with van der Waals surface area (Å²) in [5.74, 6) is -0.899. The Morgan fingerprint density at radius 1 is 1.53 bits per heavy atom. The number of aromatic nitrogens is 1. The molecule has 0 aromatic carbocycles. The first kappa shape index (κ1) is 13.2. The highest BCUT2D eigenvalue weighted by atomic mass is 19.1. The van der Waals surface area contributed by atoms with E-state index in [1.807, 2.05) is 0 Å². The van der Waals surface area contributed by atoms with Crippen molar-refractivity contribution < 1.29 is 13.9 Å². The zero-order valence-corrected chi connectivity index (χ0v) is 9.96. The van der Waals surface area contributed by atoms with Gasteiger partial charge in [-0.25, -0.2) is 9.18 Å². The van der Waals surface area contributed by atoms with Gasteiger partial charge in [-0.05, 0) is 20.8 Å². The predicted octanol–water partition coefficient (Wildman–Crippen LogP) is 1.54. The fourth-order valence-corrected chi connectivity index (χ4v) is 1.11. The van der Waals surface area contributed by atoms with Gasteiger partial charge in [0.2, 0.25) is 5.43 Å². The van der Waals surface area contributed by atoms with E-state index in [0.717, 1.165) is 6.07 Å². The van der Waals surface area contributed by atoms with Crippen LogP contribution < -0.4 is 10.7 Å². The monoisotopic (exact) mass is 242 g/mol. The molecule has 94 valence electrons. The molecule has 0 bridgehead atoms. The number of H-pyrrole nitrogens is 1. The molecule has 1 amide bonds. The zero-order chi connectivity index (χ0) is 13.1. The molecule has 17 heavy (non-hydrogen) atoms. The molecule has 0 radical (unpaired) electrons. The highest BCUT2D eigenvalue weighted by Gasteiger charge is 2.16. The summed E-state index contributed by atoms with van der Waals surface area (Å²) in [6, 6.07) is 1.08. The first-order valence-corrected chi connectivity index (χ1v) is 5.12. The molecule has 1 aromatic rings. The number of aromatic amines is 1. The van der Waals surface area contributed by atoms with Gasteiger partial charge in [0.15, 0.2) is 5.82 Å². The lowest BCUT2D eigenvalue weighted by atomic mass is 10.2. The highest BCUT2D eigenvalue weighted by Crippen LogP contribution is 2.06. The fraction of sp³-hybridized carbons (Fsp3) is 0.455. The highest BCUT2D eigenvalue weighted by molar-refractivity contribution is 5.67. The van der Waals surface area contributed by atoms with Crippen LogP contribution in [0, 0.1) is 5.82 Å². The lowest BCUT2D eigenvalue weighted by Crippen LogP contribution is -2.33. The molecule has 2 N–H and O–H groups in total. The SMILES string of the molecule is CC(C)(C)OC(=O)NCc1[nH]ccc(=O)c1F. The molecule has 5 nitrogen and oxygen atoms in total. The third-order valence-corrected chi connectivity index (χ3v) is 1.78. The Morgan fingerprint density at radius 3 is 2.76 bits per heavy atom. The van der Waals surface area contributed by atoms with Crippen molar-refractivity contribution in [1.82, 2.24) is 10.3 Å². The fourth-order valence-electron chi connectivity index (χ4n) is 1.11. The van der Waals surface area contributed by atoms with E-state index in [9.17, 15) is 14.0 Å². The quantitative estimate of drug-likeness (QED) is 0.826. The van der Waals surface area contributed by atoms with Crippen molar-refractivity contribution in [2.45, 2.75) is 32.9 Å². The minimum atomic E-state index is -0.899. The van der Waals surface area contributed by atoms with Gasteiger partial charge in [0.1, 0.15) is 5.60 Å². The van der Waals surface area contributed by atoms with E-state index < -0.39 is 22.9 Å². The number of halogens is 1. The molecule has 1 heterocycles. The number of hydrogen-bond acceptors (Lipinski definition) is 3. The van der Waals surface area contributed by atoms with Crippen molar-refractivity contribution in [3.63, 3.8) is 0 Å². The van der Waals surface area contributed by atoms with Crippen LogP contribution in [0.15, 0.2) is 17.1 Å². The van der Waals surface area contributed by atoms with Gasteiger partial charge in [0.25, 0.3) is 0 Å². The van der Waals surface area contributed by atoms with Crippen LogP contribution in [0.1, 0.15) is 26.5 Å². The van der Waals surface area contributed by atoms with E-state index in [4.69, 9.17) is 4.74 Å². The van der Waals surface area contributed by atoms with Crippen molar-refractivity contribution in [2.75, 3.05) is 0 Å². The van der Waals surface area contributed by atoms with Crippen LogP contribution in [0.25, 0.3) is 0 Å². The number of alkyl carbamates (subject to hydrolysis) is 1. The third kappa shape index (κ3) is 4.26. The van der Waals surface area contributed by atoms with Gasteiger partial charge in [-0.15, -0.1) is 0 Å². The molecule has 0 saturated carbocycles. The van der Waals surface area contributed by atoms with Crippen LogP contribution in [0.2, 0.25) is 0 Å². The summed E-state index contributed by atoms with van der Waals surface area (Å²) in [5, 5.41) is 2.35. The zero-order valence-electron chi connectivity index (χ0n) is 9.96. The van der Waals surface area contributed by atoms with Crippen molar-refractivity contribution in [2.24, 2.45) is 0 Å². The van der Waals surface area contributed by atoms with Gasteiger partial charge in [-0.2, -0.15) is 0 Å². The minimum absolute atomic E-state index is 0.0170. The maximum atomic E-state index is 13.3. The average molecular weight is 242 g/mol. The Kier molecular flexibility index (Phi) is 3.88. The predicted molar refractivity (Wildman–Crippen MR) is 60.1 cm³/mol. The first-order chi connectivity index (χ1) is 7.79. The molecular weight excluding hydrogens is 227 g/mol. The molecule has 1 rings (SSSR count). The third-order valence-electron chi connectivity index (χ3n) is 1.78. The summed E-state index contributed by atoms with van der Waals surface area (Å²) >= 11 is 0. The van der Waals surface area contributed by atoms with Gasteiger partial charge in [-0.1, -0.05) is 0 Å². The minimum Gasteiger partial charge on any atom is -0.444 e. The van der Waals surface area contributed by atoms with E-state index in [1.165, 1.54) is 6.20 Å². The summed E-state index contributed by atoms with van der Waals surface area (Å²) in [7, 11) is 0. The van der Waals surface area contributed by atoms with Gasteiger partial charge < -0.3 is 15.0 Å². The summed E-state index contributed by atoms with van der Waals surface area (Å²) in [6.45, 7) is 5.03. The second-order valence-corrected chi connectivity index (χ2v) is 4.49. The van der Waals surface area contributed by atoms with Crippen LogP contribution in [0.4, 0.5) is 9.18 Å². The second kappa shape index (κ2) is 4.99. The molecule has 0 aliphatic carbocycles. The molecule has 1 aromatic heterocycles. The Bertz CT molecular complexity index is 463. The van der Waals surface area contributed by atoms with Crippen molar-refractivity contribution in [3.05, 3.63) is 34.0 Å². The smallest absolute Gasteiger partial charge is 0.407 e. The van der Waals surface area contributed by atoms with Crippen LogP contribution in [-0.4, -0.2) is 16.7 Å². The number of rotatable bonds is 2. The Morgan fingerprint density at radius 2 is 2.18 bits per heavy atom.